The zero-order valence-corrected chi connectivity index (χ0v) is 7.59. The zero-order chi connectivity index (χ0) is 10.4. The summed E-state index contributed by atoms with van der Waals surface area (Å²) in [4.78, 5) is 20.9. The molecule has 2 atom stereocenters. The average Bonchev–Trinajstić information content (AvgIpc) is 2.12. The smallest absolute Gasteiger partial charge is 0.241 e. The Kier molecular flexibility index (Phi) is 5.37. The van der Waals surface area contributed by atoms with Gasteiger partial charge in [-0.2, -0.15) is 0 Å². The van der Waals surface area contributed by atoms with Gasteiger partial charge in [0.1, 0.15) is 0 Å². The molecule has 0 amide bonds. The number of ketones is 1. The molecule has 0 aliphatic heterocycles. The van der Waals surface area contributed by atoms with E-state index in [0.717, 1.165) is 0 Å². The third-order valence-electron chi connectivity index (χ3n) is 1.85. The topological polar surface area (TPSA) is 46.2 Å². The summed E-state index contributed by atoms with van der Waals surface area (Å²) in [6.07, 6.45) is -2.33. The third kappa shape index (κ3) is 4.07. The first-order valence-electron chi connectivity index (χ1n) is 3.97. The van der Waals surface area contributed by atoms with Crippen molar-refractivity contribution in [2.45, 2.75) is 25.8 Å². The lowest BCUT2D eigenvalue weighted by atomic mass is 10.00. The van der Waals surface area contributed by atoms with Crippen LogP contribution < -0.4 is 5.32 Å². The first-order chi connectivity index (χ1) is 6.02. The zero-order valence-electron chi connectivity index (χ0n) is 7.59. The predicted octanol–water partition coefficient (Wildman–Crippen LogP) is 0.634. The normalized spacial score (nSPS) is 15.5. The molecule has 3 nitrogen and oxygen atoms in total. The highest BCUT2D eigenvalue weighted by atomic mass is 19.3. The molecule has 0 aromatic carbocycles. The second-order valence-electron chi connectivity index (χ2n) is 2.91. The molecule has 0 rings (SSSR count). The third-order valence-corrected chi connectivity index (χ3v) is 1.85. The molecule has 0 aromatic heterocycles. The fourth-order valence-corrected chi connectivity index (χ4v) is 0.933. The Labute approximate surface area is 75.5 Å². The van der Waals surface area contributed by atoms with E-state index in [1.54, 1.807) is 0 Å². The second-order valence-corrected chi connectivity index (χ2v) is 2.91. The van der Waals surface area contributed by atoms with Crippen LogP contribution in [0.3, 0.4) is 0 Å². The molecule has 0 fully saturated rings. The van der Waals surface area contributed by atoms with Gasteiger partial charge in [0.25, 0.3) is 0 Å². The highest BCUT2D eigenvalue weighted by Crippen LogP contribution is 2.15. The molecule has 5 heteroatoms. The first-order valence-corrected chi connectivity index (χ1v) is 3.97. The maximum Gasteiger partial charge on any atom is 0.241 e. The van der Waals surface area contributed by atoms with Crippen LogP contribution in [0, 0.1) is 5.92 Å². The van der Waals surface area contributed by atoms with E-state index in [-0.39, 0.29) is 12.7 Å². The van der Waals surface area contributed by atoms with E-state index in [1.165, 1.54) is 14.0 Å². The second kappa shape index (κ2) is 5.75. The number of likely N-dealkylation sites (N-methyl/N-ethyl adjacent to an activating group) is 1. The highest BCUT2D eigenvalue weighted by Gasteiger charge is 2.23. The van der Waals surface area contributed by atoms with Gasteiger partial charge in [0.05, 0.1) is 6.04 Å². The summed E-state index contributed by atoms with van der Waals surface area (Å²) in [5.74, 6) is -1.57. The summed E-state index contributed by atoms with van der Waals surface area (Å²) in [6, 6.07) is -0.790. The predicted molar refractivity (Wildman–Crippen MR) is 43.7 cm³/mol. The summed E-state index contributed by atoms with van der Waals surface area (Å²) < 4.78 is 24.1. The Bertz CT molecular complexity index is 185. The molecule has 0 aliphatic carbocycles. The number of alkyl halides is 2. The molecule has 0 aliphatic rings. The number of carbonyl (C=O) groups is 2. The minimum absolute atomic E-state index is 0.0221. The van der Waals surface area contributed by atoms with Crippen molar-refractivity contribution in [2.24, 2.45) is 5.92 Å². The van der Waals surface area contributed by atoms with Gasteiger partial charge in [-0.3, -0.25) is 9.59 Å². The Morgan fingerprint density at radius 1 is 1.54 bits per heavy atom. The molecule has 76 valence electrons. The van der Waals surface area contributed by atoms with Crippen LogP contribution in [0.2, 0.25) is 0 Å². The lowest BCUT2D eigenvalue weighted by Crippen LogP contribution is -2.37. The van der Waals surface area contributed by atoms with Crippen molar-refractivity contribution in [3.8, 4) is 0 Å². The number of carbonyl (C=O) groups excluding carboxylic acids is 2. The maximum absolute atomic E-state index is 12.1. The molecular weight excluding hydrogens is 180 g/mol. The Morgan fingerprint density at radius 2 is 2.08 bits per heavy atom. The van der Waals surface area contributed by atoms with Crippen molar-refractivity contribution >= 4 is 12.1 Å². The minimum atomic E-state index is -2.46. The van der Waals surface area contributed by atoms with Crippen LogP contribution >= 0.6 is 0 Å². The van der Waals surface area contributed by atoms with Gasteiger partial charge in [-0.05, 0) is 13.5 Å². The van der Waals surface area contributed by atoms with Crippen molar-refractivity contribution in [2.75, 3.05) is 7.05 Å². The summed E-state index contributed by atoms with van der Waals surface area (Å²) >= 11 is 0. The quantitative estimate of drug-likeness (QED) is 0.497. The number of nitrogens with one attached hydrogen (secondary N) is 1. The summed E-state index contributed by atoms with van der Waals surface area (Å²) in [5.41, 5.74) is 0. The fourth-order valence-electron chi connectivity index (χ4n) is 0.933. The number of aldehydes is 1. The first kappa shape index (κ1) is 12.2. The average molecular weight is 193 g/mol. The Morgan fingerprint density at radius 3 is 2.38 bits per heavy atom. The number of hydrogen-bond acceptors (Lipinski definition) is 3. The van der Waals surface area contributed by atoms with Crippen molar-refractivity contribution < 1.29 is 18.4 Å². The fraction of sp³-hybridized carbons (Fsp3) is 0.750. The van der Waals surface area contributed by atoms with Crippen molar-refractivity contribution in [3.63, 3.8) is 0 Å². The molecule has 2 unspecified atom stereocenters. The molecule has 0 radical (unpaired) electrons. The molecular formula is C8H13F2NO2. The van der Waals surface area contributed by atoms with Crippen LogP contribution in [0.25, 0.3) is 0 Å². The van der Waals surface area contributed by atoms with E-state index in [9.17, 15) is 18.4 Å². The van der Waals surface area contributed by atoms with Gasteiger partial charge in [0.15, 0.2) is 6.29 Å². The Hall–Kier alpha value is -0.840. The molecule has 0 heterocycles. The molecule has 13 heavy (non-hydrogen) atoms. The molecule has 0 saturated carbocycles. The standard InChI is InChI=1S/C8H13F2NO2/c1-5(8(9)10)3-6(11-2)7(13)4-12/h4-6,8,11H,3H2,1-2H3. The van der Waals surface area contributed by atoms with E-state index in [0.29, 0.717) is 0 Å². The van der Waals surface area contributed by atoms with Crippen LogP contribution in [0.1, 0.15) is 13.3 Å². The monoisotopic (exact) mass is 193 g/mol. The molecule has 0 aromatic rings. The molecule has 1 N–H and O–H groups in total. The Balaban J connectivity index is 4.12. The summed E-state index contributed by atoms with van der Waals surface area (Å²) in [5, 5.41) is 2.52. The number of Topliss-reactive ketones (excluding diaryl/α,β-unsaturated/α-hetero) is 1. The van der Waals surface area contributed by atoms with E-state index in [4.69, 9.17) is 0 Å². The molecule has 0 spiro atoms. The van der Waals surface area contributed by atoms with Gasteiger partial charge in [-0.1, -0.05) is 6.92 Å². The minimum Gasteiger partial charge on any atom is -0.310 e. The van der Waals surface area contributed by atoms with Crippen molar-refractivity contribution in [1.82, 2.24) is 5.32 Å². The summed E-state index contributed by atoms with van der Waals surface area (Å²) in [7, 11) is 1.46. The van der Waals surface area contributed by atoms with Crippen LogP contribution in [0.4, 0.5) is 8.78 Å². The van der Waals surface area contributed by atoms with Crippen LogP contribution in [0.15, 0.2) is 0 Å². The number of rotatable bonds is 6. The van der Waals surface area contributed by atoms with Gasteiger partial charge >= 0.3 is 0 Å². The molecule has 0 saturated heterocycles. The van der Waals surface area contributed by atoms with Gasteiger partial charge in [0.2, 0.25) is 12.2 Å². The number of hydrogen-bond donors (Lipinski definition) is 1. The van der Waals surface area contributed by atoms with Crippen LogP contribution in [-0.2, 0) is 9.59 Å². The van der Waals surface area contributed by atoms with Gasteiger partial charge in [0, 0.05) is 5.92 Å². The van der Waals surface area contributed by atoms with Crippen LogP contribution in [0.5, 0.6) is 0 Å². The largest absolute Gasteiger partial charge is 0.310 e. The van der Waals surface area contributed by atoms with Crippen molar-refractivity contribution in [1.29, 1.82) is 0 Å². The van der Waals surface area contributed by atoms with E-state index >= 15 is 0 Å². The van der Waals surface area contributed by atoms with Gasteiger partial charge < -0.3 is 5.32 Å². The lowest BCUT2D eigenvalue weighted by molar-refractivity contribution is -0.131. The SMILES string of the molecule is CNC(CC(C)C(F)F)C(=O)C=O. The van der Waals surface area contributed by atoms with Gasteiger partial charge in [-0.25, -0.2) is 8.78 Å². The number of halogens is 2. The molecule has 0 bridgehead atoms. The maximum atomic E-state index is 12.1. The van der Waals surface area contributed by atoms with Gasteiger partial charge in [-0.15, -0.1) is 0 Å². The van der Waals surface area contributed by atoms with Crippen molar-refractivity contribution in [3.05, 3.63) is 0 Å². The lowest BCUT2D eigenvalue weighted by Gasteiger charge is -2.16. The van der Waals surface area contributed by atoms with E-state index < -0.39 is 24.2 Å². The summed E-state index contributed by atoms with van der Waals surface area (Å²) in [6.45, 7) is 1.34. The van der Waals surface area contributed by atoms with E-state index in [1.807, 2.05) is 0 Å². The van der Waals surface area contributed by atoms with Crippen LogP contribution in [-0.4, -0.2) is 31.6 Å². The highest BCUT2D eigenvalue weighted by molar-refractivity contribution is 6.27. The van der Waals surface area contributed by atoms with E-state index in [2.05, 4.69) is 5.32 Å².